The van der Waals surface area contributed by atoms with Gasteiger partial charge in [-0.3, -0.25) is 4.79 Å². The Morgan fingerprint density at radius 3 is 2.31 bits per heavy atom. The van der Waals surface area contributed by atoms with Crippen molar-refractivity contribution < 1.29 is 13.2 Å². The first-order valence-corrected chi connectivity index (χ1v) is 10.1. The highest BCUT2D eigenvalue weighted by Gasteiger charge is 2.16. The average molecular weight is 395 g/mol. The molecule has 1 amide bonds. The Balaban J connectivity index is 1.99. The van der Waals surface area contributed by atoms with Crippen LogP contribution in [0, 0.1) is 13.8 Å². The first-order valence-electron chi connectivity index (χ1n) is 8.26. The topological polar surface area (TPSA) is 66.5 Å². The van der Waals surface area contributed by atoms with Gasteiger partial charge in [0.15, 0.2) is 0 Å². The second kappa shape index (κ2) is 8.66. The Bertz CT molecular complexity index is 880. The minimum atomic E-state index is -3.60. The van der Waals surface area contributed by atoms with Crippen LogP contribution in [0.5, 0.6) is 0 Å². The maximum absolute atomic E-state index is 12.4. The van der Waals surface area contributed by atoms with E-state index in [4.69, 9.17) is 11.6 Å². The van der Waals surface area contributed by atoms with Crippen LogP contribution in [0.15, 0.2) is 47.4 Å². The van der Waals surface area contributed by atoms with Crippen molar-refractivity contribution in [3.8, 4) is 0 Å². The van der Waals surface area contributed by atoms with Gasteiger partial charge in [0, 0.05) is 31.6 Å². The van der Waals surface area contributed by atoms with Crippen LogP contribution in [0.4, 0.5) is 0 Å². The Morgan fingerprint density at radius 2 is 1.73 bits per heavy atom. The standard InChI is InChI=1S/C19H23ClN2O3S/c1-14-4-9-19(12-15(14)2)26(24,25)21-10-11-22(16(3)23)13-17-5-7-18(20)8-6-17/h4-9,12,21H,10-11,13H2,1-3H3. The summed E-state index contributed by atoms with van der Waals surface area (Å²) < 4.78 is 27.4. The summed E-state index contributed by atoms with van der Waals surface area (Å²) in [6, 6.07) is 12.2. The zero-order valence-corrected chi connectivity index (χ0v) is 16.7. The molecule has 0 unspecified atom stereocenters. The number of hydrogen-bond acceptors (Lipinski definition) is 3. The summed E-state index contributed by atoms with van der Waals surface area (Å²) >= 11 is 5.87. The molecule has 5 nitrogen and oxygen atoms in total. The van der Waals surface area contributed by atoms with Crippen LogP contribution in [0.3, 0.4) is 0 Å². The number of carbonyl (C=O) groups excluding carboxylic acids is 1. The number of sulfonamides is 1. The fraction of sp³-hybridized carbons (Fsp3) is 0.316. The van der Waals surface area contributed by atoms with Gasteiger partial charge in [0.2, 0.25) is 15.9 Å². The SMILES string of the molecule is CC(=O)N(CCNS(=O)(=O)c1ccc(C)c(C)c1)Cc1ccc(Cl)cc1. The lowest BCUT2D eigenvalue weighted by atomic mass is 10.1. The summed E-state index contributed by atoms with van der Waals surface area (Å²) in [5.74, 6) is -0.120. The molecule has 0 aliphatic carbocycles. The molecule has 26 heavy (non-hydrogen) atoms. The average Bonchev–Trinajstić information content (AvgIpc) is 2.58. The van der Waals surface area contributed by atoms with Crippen molar-refractivity contribution in [1.29, 1.82) is 0 Å². The van der Waals surface area contributed by atoms with Crippen molar-refractivity contribution >= 4 is 27.5 Å². The van der Waals surface area contributed by atoms with Gasteiger partial charge in [-0.05, 0) is 54.8 Å². The highest BCUT2D eigenvalue weighted by Crippen LogP contribution is 2.15. The molecule has 0 bridgehead atoms. The van der Waals surface area contributed by atoms with Gasteiger partial charge in [-0.15, -0.1) is 0 Å². The van der Waals surface area contributed by atoms with Gasteiger partial charge < -0.3 is 4.90 Å². The normalized spacial score (nSPS) is 11.4. The number of carbonyl (C=O) groups is 1. The molecule has 2 aromatic rings. The van der Waals surface area contributed by atoms with Crippen LogP contribution >= 0.6 is 11.6 Å². The lowest BCUT2D eigenvalue weighted by Crippen LogP contribution is -2.37. The minimum Gasteiger partial charge on any atom is -0.337 e. The zero-order chi connectivity index (χ0) is 19.3. The molecule has 0 heterocycles. The number of amides is 1. The second-order valence-corrected chi connectivity index (χ2v) is 8.41. The van der Waals surface area contributed by atoms with Crippen molar-refractivity contribution in [1.82, 2.24) is 9.62 Å². The molecule has 0 aromatic heterocycles. The predicted octanol–water partition coefficient (Wildman–Crippen LogP) is 3.28. The van der Waals surface area contributed by atoms with Crippen molar-refractivity contribution in [2.45, 2.75) is 32.2 Å². The van der Waals surface area contributed by atoms with E-state index < -0.39 is 10.0 Å². The van der Waals surface area contributed by atoms with Crippen LogP contribution in [0.2, 0.25) is 5.02 Å². The van der Waals surface area contributed by atoms with E-state index in [2.05, 4.69) is 4.72 Å². The molecule has 140 valence electrons. The van der Waals surface area contributed by atoms with Gasteiger partial charge in [0.1, 0.15) is 0 Å². The molecular formula is C19H23ClN2O3S. The molecule has 1 N–H and O–H groups in total. The lowest BCUT2D eigenvalue weighted by Gasteiger charge is -2.21. The van der Waals surface area contributed by atoms with Crippen molar-refractivity contribution in [2.75, 3.05) is 13.1 Å². The van der Waals surface area contributed by atoms with Crippen LogP contribution in [-0.2, 0) is 21.4 Å². The minimum absolute atomic E-state index is 0.120. The Labute approximate surface area is 160 Å². The van der Waals surface area contributed by atoms with E-state index in [9.17, 15) is 13.2 Å². The lowest BCUT2D eigenvalue weighted by molar-refractivity contribution is -0.129. The third-order valence-electron chi connectivity index (χ3n) is 4.19. The van der Waals surface area contributed by atoms with E-state index in [-0.39, 0.29) is 23.9 Å². The van der Waals surface area contributed by atoms with Crippen molar-refractivity contribution in [3.63, 3.8) is 0 Å². The summed E-state index contributed by atoms with van der Waals surface area (Å²) in [5.41, 5.74) is 2.89. The number of rotatable bonds is 7. The molecule has 0 fully saturated rings. The van der Waals surface area contributed by atoms with E-state index in [1.54, 1.807) is 35.2 Å². The van der Waals surface area contributed by atoms with Crippen LogP contribution in [0.1, 0.15) is 23.6 Å². The zero-order valence-electron chi connectivity index (χ0n) is 15.1. The number of benzene rings is 2. The fourth-order valence-corrected chi connectivity index (χ4v) is 3.67. The van der Waals surface area contributed by atoms with Gasteiger partial charge in [-0.25, -0.2) is 13.1 Å². The first-order chi connectivity index (χ1) is 12.2. The fourth-order valence-electron chi connectivity index (χ4n) is 2.44. The summed E-state index contributed by atoms with van der Waals surface area (Å²) in [5, 5.41) is 0.629. The summed E-state index contributed by atoms with van der Waals surface area (Å²) in [4.78, 5) is 13.7. The smallest absolute Gasteiger partial charge is 0.240 e. The van der Waals surface area contributed by atoms with Gasteiger partial charge >= 0.3 is 0 Å². The quantitative estimate of drug-likeness (QED) is 0.783. The highest BCUT2D eigenvalue weighted by molar-refractivity contribution is 7.89. The van der Waals surface area contributed by atoms with E-state index in [0.29, 0.717) is 11.6 Å². The molecule has 0 spiro atoms. The van der Waals surface area contributed by atoms with Crippen molar-refractivity contribution in [3.05, 3.63) is 64.2 Å². The van der Waals surface area contributed by atoms with Crippen LogP contribution in [-0.4, -0.2) is 32.3 Å². The Kier molecular flexibility index (Phi) is 6.81. The van der Waals surface area contributed by atoms with Crippen LogP contribution in [0.25, 0.3) is 0 Å². The predicted molar refractivity (Wildman–Crippen MR) is 104 cm³/mol. The van der Waals surface area contributed by atoms with Gasteiger partial charge in [-0.2, -0.15) is 0 Å². The van der Waals surface area contributed by atoms with E-state index >= 15 is 0 Å². The molecule has 0 saturated heterocycles. The van der Waals surface area contributed by atoms with Crippen LogP contribution < -0.4 is 4.72 Å². The molecule has 0 atom stereocenters. The molecule has 7 heteroatoms. The number of aryl methyl sites for hydroxylation is 2. The van der Waals surface area contributed by atoms with Gasteiger partial charge in [-0.1, -0.05) is 29.8 Å². The van der Waals surface area contributed by atoms with E-state index in [1.165, 1.54) is 6.92 Å². The highest BCUT2D eigenvalue weighted by atomic mass is 35.5. The molecule has 2 rings (SSSR count). The molecule has 0 aliphatic rings. The van der Waals surface area contributed by atoms with Gasteiger partial charge in [0.25, 0.3) is 0 Å². The maximum atomic E-state index is 12.4. The summed E-state index contributed by atoms with van der Waals surface area (Å²) in [6.45, 7) is 6.09. The molecule has 0 saturated carbocycles. The number of nitrogens with zero attached hydrogens (tertiary/aromatic N) is 1. The summed E-state index contributed by atoms with van der Waals surface area (Å²) in [7, 11) is -3.60. The summed E-state index contributed by atoms with van der Waals surface area (Å²) in [6.07, 6.45) is 0. The third-order valence-corrected chi connectivity index (χ3v) is 5.91. The van der Waals surface area contributed by atoms with Crippen molar-refractivity contribution in [2.24, 2.45) is 0 Å². The van der Waals surface area contributed by atoms with E-state index in [1.807, 2.05) is 26.0 Å². The second-order valence-electron chi connectivity index (χ2n) is 6.21. The molecule has 0 radical (unpaired) electrons. The van der Waals surface area contributed by atoms with E-state index in [0.717, 1.165) is 16.7 Å². The molecular weight excluding hydrogens is 372 g/mol. The number of nitrogens with one attached hydrogen (secondary N) is 1. The Morgan fingerprint density at radius 1 is 1.08 bits per heavy atom. The first kappa shape index (κ1) is 20.4. The monoisotopic (exact) mass is 394 g/mol. The maximum Gasteiger partial charge on any atom is 0.240 e. The number of hydrogen-bond donors (Lipinski definition) is 1. The van der Waals surface area contributed by atoms with Gasteiger partial charge in [0.05, 0.1) is 4.90 Å². The third kappa shape index (κ3) is 5.56. The Hall–Kier alpha value is -1.89. The largest absolute Gasteiger partial charge is 0.337 e. The molecule has 2 aromatic carbocycles. The molecule has 0 aliphatic heterocycles. The number of halogens is 1.